The number of fused-ring (bicyclic) bond motifs is 1. The molecule has 5 nitrogen and oxygen atoms in total. The molecule has 0 fully saturated rings. The van der Waals surface area contributed by atoms with E-state index in [1.54, 1.807) is 19.1 Å². The molecule has 0 bridgehead atoms. The summed E-state index contributed by atoms with van der Waals surface area (Å²) in [5.41, 5.74) is 1.53. The predicted molar refractivity (Wildman–Crippen MR) is 69.5 cm³/mol. The lowest BCUT2D eigenvalue weighted by molar-refractivity contribution is 0.136. The van der Waals surface area contributed by atoms with Gasteiger partial charge in [0.25, 0.3) is 0 Å². The van der Waals surface area contributed by atoms with Crippen molar-refractivity contribution in [3.63, 3.8) is 0 Å². The van der Waals surface area contributed by atoms with Gasteiger partial charge in [-0.2, -0.15) is 0 Å². The van der Waals surface area contributed by atoms with Crippen molar-refractivity contribution in [2.24, 2.45) is 0 Å². The van der Waals surface area contributed by atoms with Gasteiger partial charge in [0.05, 0.1) is 24.2 Å². The monoisotopic (exact) mass is 271 g/mol. The Kier molecular flexibility index (Phi) is 3.77. The first-order valence-corrected chi connectivity index (χ1v) is 7.45. The average molecular weight is 271 g/mol. The summed E-state index contributed by atoms with van der Waals surface area (Å²) in [7, 11) is -1.90. The van der Waals surface area contributed by atoms with E-state index >= 15 is 0 Å². The van der Waals surface area contributed by atoms with E-state index in [1.807, 2.05) is 6.07 Å². The molecular weight excluding hydrogens is 254 g/mol. The van der Waals surface area contributed by atoms with Crippen molar-refractivity contribution in [2.75, 3.05) is 24.2 Å². The lowest BCUT2D eigenvalue weighted by Gasteiger charge is -2.13. The van der Waals surface area contributed by atoms with Crippen LogP contribution in [0.2, 0.25) is 0 Å². The smallest absolute Gasteiger partial charge is 0.235 e. The van der Waals surface area contributed by atoms with Crippen molar-refractivity contribution in [3.05, 3.63) is 23.8 Å². The number of ether oxygens (including phenoxy) is 2. The van der Waals surface area contributed by atoms with Gasteiger partial charge in [0.1, 0.15) is 5.75 Å². The molecule has 100 valence electrons. The van der Waals surface area contributed by atoms with Crippen LogP contribution in [0.25, 0.3) is 0 Å². The van der Waals surface area contributed by atoms with Gasteiger partial charge in [-0.25, -0.2) is 8.42 Å². The molecule has 0 spiro atoms. The molecule has 1 atom stereocenters. The standard InChI is InChI=1S/C12H17NO4S/c1-9(16-2)8-18(14,15)13-11-4-3-5-12-10(11)6-7-17-12/h3-5,9,13H,6-8H2,1-2H3/t9-/m1/s1. The van der Waals surface area contributed by atoms with Gasteiger partial charge >= 0.3 is 0 Å². The van der Waals surface area contributed by atoms with Crippen molar-refractivity contribution in [1.29, 1.82) is 0 Å². The third-order valence-electron chi connectivity index (χ3n) is 2.86. The van der Waals surface area contributed by atoms with Gasteiger partial charge < -0.3 is 9.47 Å². The number of anilines is 1. The summed E-state index contributed by atoms with van der Waals surface area (Å²) < 4.78 is 36.8. The van der Waals surface area contributed by atoms with Gasteiger partial charge in [-0.05, 0) is 19.1 Å². The van der Waals surface area contributed by atoms with Crippen LogP contribution in [-0.4, -0.2) is 34.0 Å². The molecule has 2 rings (SSSR count). The van der Waals surface area contributed by atoms with Crippen molar-refractivity contribution in [3.8, 4) is 5.75 Å². The Hall–Kier alpha value is -1.27. The van der Waals surface area contributed by atoms with Crippen LogP contribution in [0.3, 0.4) is 0 Å². The van der Waals surface area contributed by atoms with Gasteiger partial charge in [-0.3, -0.25) is 4.72 Å². The van der Waals surface area contributed by atoms with Crippen LogP contribution < -0.4 is 9.46 Å². The first kappa shape index (κ1) is 13.2. The molecule has 1 aliphatic heterocycles. The van der Waals surface area contributed by atoms with E-state index in [0.29, 0.717) is 12.3 Å². The highest BCUT2D eigenvalue weighted by Gasteiger charge is 2.20. The zero-order chi connectivity index (χ0) is 13.2. The van der Waals surface area contributed by atoms with Crippen molar-refractivity contribution in [2.45, 2.75) is 19.4 Å². The van der Waals surface area contributed by atoms with Gasteiger partial charge in [-0.1, -0.05) is 6.07 Å². The van der Waals surface area contributed by atoms with E-state index in [4.69, 9.17) is 9.47 Å². The fraction of sp³-hybridized carbons (Fsp3) is 0.500. The van der Waals surface area contributed by atoms with E-state index in [0.717, 1.165) is 17.7 Å². The van der Waals surface area contributed by atoms with Crippen LogP contribution >= 0.6 is 0 Å². The molecule has 0 aliphatic carbocycles. The summed E-state index contributed by atoms with van der Waals surface area (Å²) in [6.45, 7) is 2.32. The Balaban J connectivity index is 2.17. The highest BCUT2D eigenvalue weighted by Crippen LogP contribution is 2.32. The molecule has 1 aromatic carbocycles. The highest BCUT2D eigenvalue weighted by molar-refractivity contribution is 7.92. The van der Waals surface area contributed by atoms with E-state index in [2.05, 4.69) is 4.72 Å². The Morgan fingerprint density at radius 3 is 3.00 bits per heavy atom. The summed E-state index contributed by atoms with van der Waals surface area (Å²) in [6.07, 6.45) is 0.393. The summed E-state index contributed by atoms with van der Waals surface area (Å²) in [5.74, 6) is 0.698. The zero-order valence-electron chi connectivity index (χ0n) is 10.5. The van der Waals surface area contributed by atoms with E-state index in [9.17, 15) is 8.42 Å². The number of nitrogens with one attached hydrogen (secondary N) is 1. The van der Waals surface area contributed by atoms with Crippen LogP contribution in [-0.2, 0) is 21.2 Å². The maximum absolute atomic E-state index is 11.9. The fourth-order valence-corrected chi connectivity index (χ4v) is 3.27. The summed E-state index contributed by atoms with van der Waals surface area (Å²) in [6, 6.07) is 5.38. The Morgan fingerprint density at radius 2 is 2.28 bits per heavy atom. The Labute approximate surface area is 107 Å². The average Bonchev–Trinajstić information content (AvgIpc) is 2.77. The van der Waals surface area contributed by atoms with Gasteiger partial charge in [0, 0.05) is 19.1 Å². The molecular formula is C12H17NO4S. The molecule has 1 aliphatic rings. The lowest BCUT2D eigenvalue weighted by Crippen LogP contribution is -2.25. The molecule has 1 aromatic rings. The number of methoxy groups -OCH3 is 1. The van der Waals surface area contributed by atoms with Crippen LogP contribution in [0.15, 0.2) is 18.2 Å². The van der Waals surface area contributed by atoms with E-state index in [-0.39, 0.29) is 11.9 Å². The van der Waals surface area contributed by atoms with Crippen LogP contribution in [0.5, 0.6) is 5.75 Å². The van der Waals surface area contributed by atoms with Crippen LogP contribution in [0, 0.1) is 0 Å². The normalized spacial score (nSPS) is 15.9. The highest BCUT2D eigenvalue weighted by atomic mass is 32.2. The quantitative estimate of drug-likeness (QED) is 0.879. The van der Waals surface area contributed by atoms with E-state index < -0.39 is 10.0 Å². The van der Waals surface area contributed by atoms with Crippen molar-refractivity contribution < 1.29 is 17.9 Å². The van der Waals surface area contributed by atoms with Gasteiger partial charge in [0.2, 0.25) is 10.0 Å². The number of sulfonamides is 1. The van der Waals surface area contributed by atoms with Gasteiger partial charge in [-0.15, -0.1) is 0 Å². The minimum absolute atomic E-state index is 0.0615. The molecule has 0 unspecified atom stereocenters. The predicted octanol–water partition coefficient (Wildman–Crippen LogP) is 1.40. The van der Waals surface area contributed by atoms with E-state index in [1.165, 1.54) is 7.11 Å². The Bertz CT molecular complexity index is 527. The molecule has 18 heavy (non-hydrogen) atoms. The van der Waals surface area contributed by atoms with Gasteiger partial charge in [0.15, 0.2) is 0 Å². The second-order valence-corrected chi connectivity index (χ2v) is 6.08. The molecule has 0 aromatic heterocycles. The third-order valence-corrected chi connectivity index (χ3v) is 4.30. The lowest BCUT2D eigenvalue weighted by atomic mass is 10.1. The second kappa shape index (κ2) is 5.16. The number of benzene rings is 1. The largest absolute Gasteiger partial charge is 0.493 e. The molecule has 6 heteroatoms. The molecule has 0 radical (unpaired) electrons. The topological polar surface area (TPSA) is 64.6 Å². The molecule has 0 saturated heterocycles. The third kappa shape index (κ3) is 2.94. The maximum Gasteiger partial charge on any atom is 0.235 e. The fourth-order valence-electron chi connectivity index (χ4n) is 1.90. The SMILES string of the molecule is CO[C@H](C)CS(=O)(=O)Nc1cccc2c1CCO2. The number of hydrogen-bond acceptors (Lipinski definition) is 4. The molecule has 1 N–H and O–H groups in total. The summed E-state index contributed by atoms with van der Waals surface area (Å²) in [4.78, 5) is 0. The summed E-state index contributed by atoms with van der Waals surface area (Å²) >= 11 is 0. The summed E-state index contributed by atoms with van der Waals surface area (Å²) in [5, 5.41) is 0. The number of rotatable bonds is 5. The van der Waals surface area contributed by atoms with Crippen molar-refractivity contribution >= 4 is 15.7 Å². The second-order valence-electron chi connectivity index (χ2n) is 4.31. The first-order valence-electron chi connectivity index (χ1n) is 5.80. The molecule has 1 heterocycles. The number of hydrogen-bond donors (Lipinski definition) is 1. The Morgan fingerprint density at radius 1 is 1.50 bits per heavy atom. The van der Waals surface area contributed by atoms with Crippen LogP contribution in [0.1, 0.15) is 12.5 Å². The molecule has 0 saturated carbocycles. The molecule has 0 amide bonds. The zero-order valence-corrected chi connectivity index (χ0v) is 11.3. The first-order chi connectivity index (χ1) is 8.52. The minimum atomic E-state index is -3.40. The van der Waals surface area contributed by atoms with Crippen molar-refractivity contribution in [1.82, 2.24) is 0 Å². The minimum Gasteiger partial charge on any atom is -0.493 e. The van der Waals surface area contributed by atoms with Crippen LogP contribution in [0.4, 0.5) is 5.69 Å². The maximum atomic E-state index is 11.9.